The van der Waals surface area contributed by atoms with Crippen LogP contribution >= 0.6 is 23.2 Å². The van der Waals surface area contributed by atoms with Crippen LogP contribution in [0.2, 0.25) is 10.0 Å². The molecule has 2 fully saturated rings. The zero-order chi connectivity index (χ0) is 25.7. The second-order valence-corrected chi connectivity index (χ2v) is 10.3. The van der Waals surface area contributed by atoms with Gasteiger partial charge in [-0.15, -0.1) is 0 Å². The maximum Gasteiger partial charge on any atom is 0.289 e. The fourth-order valence-corrected chi connectivity index (χ4v) is 4.82. The number of hydrogen-bond acceptors (Lipinski definition) is 5. The highest BCUT2D eigenvalue weighted by Gasteiger charge is 2.28. The average Bonchev–Trinajstić information content (AvgIpc) is 2.83. The summed E-state index contributed by atoms with van der Waals surface area (Å²) in [5, 5.41) is 5.00. The quantitative estimate of drug-likeness (QED) is 0.595. The van der Waals surface area contributed by atoms with Gasteiger partial charge in [0.25, 0.3) is 5.91 Å². The number of anilines is 2. The van der Waals surface area contributed by atoms with Gasteiger partial charge in [-0.05, 0) is 75.2 Å². The molecule has 1 amide bonds. The van der Waals surface area contributed by atoms with Crippen LogP contribution in [0.4, 0.5) is 11.4 Å². The Morgan fingerprint density at radius 1 is 0.857 bits per heavy atom. The van der Waals surface area contributed by atoms with Crippen LogP contribution in [-0.2, 0) is 9.59 Å². The van der Waals surface area contributed by atoms with Gasteiger partial charge in [-0.2, -0.15) is 0 Å². The fourth-order valence-electron chi connectivity index (χ4n) is 4.59. The molecule has 0 bridgehead atoms. The van der Waals surface area contributed by atoms with Crippen molar-refractivity contribution in [3.8, 4) is 0 Å². The summed E-state index contributed by atoms with van der Waals surface area (Å²) in [5.41, 5.74) is 4.58. The molecular weight excluding hydrogens is 483 g/mol. The first-order valence-electron chi connectivity index (χ1n) is 12.1. The molecule has 1 N–H and O–H groups in total. The van der Waals surface area contributed by atoms with Crippen LogP contribution in [0.1, 0.15) is 31.9 Å². The van der Waals surface area contributed by atoms with Gasteiger partial charge in [-0.1, -0.05) is 23.2 Å². The highest BCUT2D eigenvalue weighted by Crippen LogP contribution is 2.26. The number of Topliss-reactive ketones (excluding diaryl/α,β-unsaturated/α-hetero) is 1. The number of piperazine rings is 2. The molecule has 2 heterocycles. The van der Waals surface area contributed by atoms with E-state index in [1.54, 1.807) is 4.90 Å². The summed E-state index contributed by atoms with van der Waals surface area (Å²) in [6.45, 7) is 14.7. The lowest BCUT2D eigenvalue weighted by atomic mass is 10.1. The molecule has 2 aliphatic heterocycles. The van der Waals surface area contributed by atoms with Gasteiger partial charge in [0.2, 0.25) is 5.78 Å². The highest BCUT2D eigenvalue weighted by molar-refractivity contribution is 6.35. The van der Waals surface area contributed by atoms with Crippen LogP contribution in [0.3, 0.4) is 0 Å². The Balaban J connectivity index is 0.000000203. The van der Waals surface area contributed by atoms with Gasteiger partial charge in [0, 0.05) is 79.7 Å². The number of halogens is 2. The Hall–Kier alpha value is -2.28. The van der Waals surface area contributed by atoms with Crippen molar-refractivity contribution in [1.29, 1.82) is 0 Å². The van der Waals surface area contributed by atoms with Crippen LogP contribution in [0, 0.1) is 13.8 Å². The van der Waals surface area contributed by atoms with E-state index in [0.717, 1.165) is 53.0 Å². The average molecular weight is 520 g/mol. The van der Waals surface area contributed by atoms with Gasteiger partial charge in [-0.3, -0.25) is 9.59 Å². The third-order valence-electron chi connectivity index (χ3n) is 6.66. The van der Waals surface area contributed by atoms with Gasteiger partial charge in [0.1, 0.15) is 0 Å². The van der Waals surface area contributed by atoms with E-state index in [2.05, 4.69) is 54.1 Å². The fraction of sp³-hybridized carbons (Fsp3) is 0.481. The number of nitrogens with one attached hydrogen (secondary N) is 1. The first-order valence-corrected chi connectivity index (χ1v) is 12.9. The number of benzene rings is 2. The van der Waals surface area contributed by atoms with Gasteiger partial charge in [0.15, 0.2) is 0 Å². The lowest BCUT2D eigenvalue weighted by Crippen LogP contribution is -2.54. The molecule has 0 saturated carbocycles. The molecule has 2 aromatic rings. The summed E-state index contributed by atoms with van der Waals surface area (Å²) in [4.78, 5) is 29.2. The second-order valence-electron chi connectivity index (χ2n) is 9.46. The van der Waals surface area contributed by atoms with E-state index < -0.39 is 5.78 Å². The number of aryl methyl sites for hydroxylation is 2. The zero-order valence-electron chi connectivity index (χ0n) is 21.3. The normalized spacial score (nSPS) is 20.3. The molecule has 2 atom stereocenters. The Bertz CT molecular complexity index is 1060. The highest BCUT2D eigenvalue weighted by atomic mass is 35.5. The summed E-state index contributed by atoms with van der Waals surface area (Å²) in [5.74, 6) is -0.781. The Labute approximate surface area is 219 Å². The van der Waals surface area contributed by atoms with Gasteiger partial charge >= 0.3 is 0 Å². The number of ketones is 1. The lowest BCUT2D eigenvalue weighted by molar-refractivity contribution is -0.144. The number of rotatable bonds is 3. The molecule has 0 unspecified atom stereocenters. The van der Waals surface area contributed by atoms with Crippen LogP contribution < -0.4 is 15.1 Å². The lowest BCUT2D eigenvalue weighted by Gasteiger charge is -2.41. The molecule has 190 valence electrons. The number of amides is 1. The standard InChI is InChI=1S/C15H19ClN2O2.C12H17ClN2/c1-10-8-13(4-5-14(10)16)18-7-6-17(9-11(18)2)15(20)12(3)19;1-9-7-11(3-4-12(9)13)15-6-5-14-8-10(15)2/h4-5,8,11H,6-7,9H2,1-3H3;3-4,7,10,14H,5-6,8H2,1-2H3/t11-;10-/m11/s1. The van der Waals surface area contributed by atoms with E-state index in [9.17, 15) is 9.59 Å². The molecule has 6 nitrogen and oxygen atoms in total. The van der Waals surface area contributed by atoms with Crippen LogP contribution in [0.25, 0.3) is 0 Å². The van der Waals surface area contributed by atoms with Crippen molar-refractivity contribution >= 4 is 46.3 Å². The van der Waals surface area contributed by atoms with Crippen LogP contribution in [-0.4, -0.2) is 67.9 Å². The van der Waals surface area contributed by atoms with E-state index in [-0.39, 0.29) is 11.9 Å². The predicted octanol–water partition coefficient (Wildman–Crippen LogP) is 4.72. The molecular formula is C27H36Cl2N4O2. The monoisotopic (exact) mass is 518 g/mol. The van der Waals surface area contributed by atoms with E-state index in [0.29, 0.717) is 19.1 Å². The van der Waals surface area contributed by atoms with Gasteiger partial charge < -0.3 is 20.0 Å². The summed E-state index contributed by atoms with van der Waals surface area (Å²) < 4.78 is 0. The van der Waals surface area contributed by atoms with Crippen molar-refractivity contribution in [3.63, 3.8) is 0 Å². The first-order chi connectivity index (χ1) is 16.6. The second kappa shape index (κ2) is 12.1. The molecule has 35 heavy (non-hydrogen) atoms. The SMILES string of the molecule is CC(=O)C(=O)N1CCN(c2ccc(Cl)c(C)c2)[C@H](C)C1.Cc1cc(N2CCNC[C@H]2C)ccc1Cl. The Kier molecular flexibility index (Phi) is 9.45. The molecule has 4 rings (SSSR count). The van der Waals surface area contributed by atoms with Gasteiger partial charge in [0.05, 0.1) is 0 Å². The van der Waals surface area contributed by atoms with Crippen LogP contribution in [0.15, 0.2) is 36.4 Å². The number of carbonyl (C=O) groups excluding carboxylic acids is 2. The van der Waals surface area contributed by atoms with E-state index >= 15 is 0 Å². The summed E-state index contributed by atoms with van der Waals surface area (Å²) in [7, 11) is 0. The molecule has 0 radical (unpaired) electrons. The first kappa shape index (κ1) is 27.3. The van der Waals surface area contributed by atoms with Crippen molar-refractivity contribution < 1.29 is 9.59 Å². The molecule has 2 aliphatic rings. The third-order valence-corrected chi connectivity index (χ3v) is 7.51. The summed E-state index contributed by atoms with van der Waals surface area (Å²) in [6.07, 6.45) is 0. The summed E-state index contributed by atoms with van der Waals surface area (Å²) in [6, 6.07) is 12.9. The van der Waals surface area contributed by atoms with Crippen molar-refractivity contribution in [2.45, 2.75) is 46.7 Å². The smallest absolute Gasteiger partial charge is 0.289 e. The maximum atomic E-state index is 11.7. The number of carbonyl (C=O) groups is 2. The molecule has 0 aliphatic carbocycles. The number of hydrogen-bond donors (Lipinski definition) is 1. The van der Waals surface area contributed by atoms with Crippen molar-refractivity contribution in [3.05, 3.63) is 57.6 Å². The molecule has 0 aromatic heterocycles. The van der Waals surface area contributed by atoms with E-state index in [1.807, 2.05) is 25.1 Å². The van der Waals surface area contributed by atoms with Crippen molar-refractivity contribution in [2.75, 3.05) is 49.1 Å². The minimum absolute atomic E-state index is 0.174. The van der Waals surface area contributed by atoms with Crippen LogP contribution in [0.5, 0.6) is 0 Å². The molecule has 0 spiro atoms. The van der Waals surface area contributed by atoms with Crippen molar-refractivity contribution in [1.82, 2.24) is 10.2 Å². The van der Waals surface area contributed by atoms with E-state index in [4.69, 9.17) is 23.2 Å². The largest absolute Gasteiger partial charge is 0.366 e. The maximum absolute atomic E-state index is 11.7. The molecule has 2 saturated heterocycles. The van der Waals surface area contributed by atoms with Gasteiger partial charge in [-0.25, -0.2) is 0 Å². The minimum atomic E-state index is -0.395. The third kappa shape index (κ3) is 6.90. The molecule has 2 aromatic carbocycles. The Morgan fingerprint density at radius 2 is 1.40 bits per heavy atom. The predicted molar refractivity (Wildman–Crippen MR) is 146 cm³/mol. The molecule has 8 heteroatoms. The van der Waals surface area contributed by atoms with E-state index in [1.165, 1.54) is 12.6 Å². The Morgan fingerprint density at radius 3 is 1.86 bits per heavy atom. The van der Waals surface area contributed by atoms with Crippen molar-refractivity contribution in [2.24, 2.45) is 0 Å². The zero-order valence-corrected chi connectivity index (χ0v) is 22.8. The topological polar surface area (TPSA) is 55.9 Å². The number of nitrogens with zero attached hydrogens (tertiary/aromatic N) is 3. The summed E-state index contributed by atoms with van der Waals surface area (Å²) >= 11 is 12.1. The minimum Gasteiger partial charge on any atom is -0.366 e.